The molecule has 0 aliphatic carbocycles. The molecule has 7 unspecified atom stereocenters. The first-order chi connectivity index (χ1) is 16.1. The summed E-state index contributed by atoms with van der Waals surface area (Å²) in [5.74, 6) is 3.40. The number of hydrogen-bond acceptors (Lipinski definition) is 5. The van der Waals surface area contributed by atoms with Gasteiger partial charge in [0.25, 0.3) is 0 Å². The average Bonchev–Trinajstić information content (AvgIpc) is 2.80. The van der Waals surface area contributed by atoms with E-state index in [2.05, 4.69) is 69.2 Å². The third-order valence-electron chi connectivity index (χ3n) is 6.81. The molecule has 5 nitrogen and oxygen atoms in total. The highest BCUT2D eigenvalue weighted by Gasteiger charge is 2.16. The molecule has 0 spiro atoms. The highest BCUT2D eigenvalue weighted by atomic mass is 16.5. The van der Waals surface area contributed by atoms with Crippen LogP contribution in [0.5, 0.6) is 0 Å². The van der Waals surface area contributed by atoms with Gasteiger partial charge in [-0.3, -0.25) is 0 Å². The predicted octanol–water partition coefficient (Wildman–Crippen LogP) is 6.73. The van der Waals surface area contributed by atoms with E-state index >= 15 is 0 Å². The summed E-state index contributed by atoms with van der Waals surface area (Å²) in [6.45, 7) is 28.9. The topological polar surface area (TPSA) is 46.2 Å². The number of rotatable bonds is 23. The van der Waals surface area contributed by atoms with E-state index in [1.165, 1.54) is 0 Å². The summed E-state index contributed by atoms with van der Waals surface area (Å²) in [7, 11) is 0. The van der Waals surface area contributed by atoms with Crippen molar-refractivity contribution in [3.8, 4) is 0 Å². The zero-order chi connectivity index (χ0) is 25.9. The Bertz CT molecular complexity index is 444. The molecular weight excluding hydrogens is 428 g/mol. The first-order valence-electron chi connectivity index (χ1n) is 14.0. The van der Waals surface area contributed by atoms with Gasteiger partial charge in [0.05, 0.1) is 59.0 Å². The second-order valence-corrected chi connectivity index (χ2v) is 11.4. The Morgan fingerprint density at radius 3 is 1.21 bits per heavy atom. The minimum absolute atomic E-state index is 0.310. The van der Waals surface area contributed by atoms with Crippen molar-refractivity contribution < 1.29 is 23.7 Å². The molecule has 0 amide bonds. The van der Waals surface area contributed by atoms with Crippen molar-refractivity contribution in [1.29, 1.82) is 0 Å². The maximum Gasteiger partial charge on any atom is 0.0572 e. The third-order valence-corrected chi connectivity index (χ3v) is 6.81. The summed E-state index contributed by atoms with van der Waals surface area (Å²) < 4.78 is 29.7. The summed E-state index contributed by atoms with van der Waals surface area (Å²) >= 11 is 0. The molecule has 5 heteroatoms. The van der Waals surface area contributed by atoms with Gasteiger partial charge in [-0.05, 0) is 24.7 Å². The molecule has 0 N–H and O–H groups in total. The van der Waals surface area contributed by atoms with Gasteiger partial charge in [0.2, 0.25) is 0 Å². The number of ether oxygens (including phenoxy) is 5. The molecule has 0 aromatic carbocycles. The van der Waals surface area contributed by atoms with Crippen molar-refractivity contribution in [2.75, 3.05) is 59.5 Å². The largest absolute Gasteiger partial charge is 0.381 e. The van der Waals surface area contributed by atoms with Gasteiger partial charge in [0.15, 0.2) is 0 Å². The molecule has 34 heavy (non-hydrogen) atoms. The predicted molar refractivity (Wildman–Crippen MR) is 143 cm³/mol. The van der Waals surface area contributed by atoms with E-state index in [0.717, 1.165) is 72.3 Å². The van der Waals surface area contributed by atoms with E-state index in [9.17, 15) is 0 Å². The Morgan fingerprint density at radius 2 is 0.824 bits per heavy atom. The quantitative estimate of drug-likeness (QED) is 0.160. The van der Waals surface area contributed by atoms with Gasteiger partial charge in [0, 0.05) is 30.3 Å². The SMILES string of the molecule is CCC(C)COCC(COCC(C)COCC(C)COCC(C)COC(C)C(C)CC)C(C)C. The summed E-state index contributed by atoms with van der Waals surface area (Å²) in [5, 5.41) is 0. The fraction of sp³-hybridized carbons (Fsp3) is 1.00. The van der Waals surface area contributed by atoms with Crippen LogP contribution in [0.3, 0.4) is 0 Å². The fourth-order valence-corrected chi connectivity index (χ4v) is 3.29. The van der Waals surface area contributed by atoms with Crippen molar-refractivity contribution in [2.24, 2.45) is 41.4 Å². The van der Waals surface area contributed by atoms with Crippen LogP contribution in [-0.4, -0.2) is 65.6 Å². The molecule has 206 valence electrons. The lowest BCUT2D eigenvalue weighted by Crippen LogP contribution is -2.25. The van der Waals surface area contributed by atoms with Crippen LogP contribution in [-0.2, 0) is 23.7 Å². The van der Waals surface area contributed by atoms with Crippen LogP contribution in [0.2, 0.25) is 0 Å². The molecule has 0 fully saturated rings. The molecule has 0 bridgehead atoms. The van der Waals surface area contributed by atoms with Crippen molar-refractivity contribution in [3.63, 3.8) is 0 Å². The number of hydrogen-bond donors (Lipinski definition) is 0. The van der Waals surface area contributed by atoms with Crippen LogP contribution in [0.25, 0.3) is 0 Å². The zero-order valence-electron chi connectivity index (χ0n) is 24.4. The van der Waals surface area contributed by atoms with Crippen LogP contribution in [0.1, 0.15) is 82.1 Å². The first-order valence-corrected chi connectivity index (χ1v) is 14.0. The van der Waals surface area contributed by atoms with Crippen LogP contribution in [0.4, 0.5) is 0 Å². The Kier molecular flexibility index (Phi) is 20.8. The lowest BCUT2D eigenvalue weighted by atomic mass is 9.98. The molecular formula is C29H60O5. The molecule has 0 rings (SSSR count). The molecule has 0 aliphatic heterocycles. The van der Waals surface area contributed by atoms with Gasteiger partial charge >= 0.3 is 0 Å². The molecule has 0 heterocycles. The van der Waals surface area contributed by atoms with E-state index < -0.39 is 0 Å². The zero-order valence-corrected chi connectivity index (χ0v) is 24.4. The van der Waals surface area contributed by atoms with E-state index in [-0.39, 0.29) is 0 Å². The average molecular weight is 489 g/mol. The Balaban J connectivity index is 3.86. The van der Waals surface area contributed by atoms with E-state index in [0.29, 0.717) is 47.5 Å². The van der Waals surface area contributed by atoms with Crippen LogP contribution >= 0.6 is 0 Å². The van der Waals surface area contributed by atoms with Gasteiger partial charge in [-0.15, -0.1) is 0 Å². The maximum atomic E-state index is 6.02. The molecule has 0 aromatic rings. The fourth-order valence-electron chi connectivity index (χ4n) is 3.29. The van der Waals surface area contributed by atoms with Crippen molar-refractivity contribution >= 4 is 0 Å². The van der Waals surface area contributed by atoms with Crippen LogP contribution in [0, 0.1) is 41.4 Å². The highest BCUT2D eigenvalue weighted by molar-refractivity contribution is 4.63. The molecule has 0 saturated heterocycles. The van der Waals surface area contributed by atoms with E-state index in [1.54, 1.807) is 0 Å². The van der Waals surface area contributed by atoms with E-state index in [1.807, 2.05) is 0 Å². The van der Waals surface area contributed by atoms with Crippen molar-refractivity contribution in [2.45, 2.75) is 88.2 Å². The minimum Gasteiger partial charge on any atom is -0.381 e. The lowest BCUT2D eigenvalue weighted by Gasteiger charge is -2.23. The third kappa shape index (κ3) is 18.1. The summed E-state index contributed by atoms with van der Waals surface area (Å²) in [4.78, 5) is 0. The van der Waals surface area contributed by atoms with Gasteiger partial charge < -0.3 is 23.7 Å². The Morgan fingerprint density at radius 1 is 0.441 bits per heavy atom. The van der Waals surface area contributed by atoms with Gasteiger partial charge in [-0.1, -0.05) is 75.2 Å². The highest BCUT2D eigenvalue weighted by Crippen LogP contribution is 2.15. The second-order valence-electron chi connectivity index (χ2n) is 11.4. The summed E-state index contributed by atoms with van der Waals surface area (Å²) in [5.41, 5.74) is 0. The standard InChI is InChI=1S/C29H60O5/c1-11-23(5)13-32-20-29(22(3)4)21-33-17-25(7)16-30-14-24(6)15-31-18-26(8)19-34-28(10)27(9)12-2/h22-29H,11-21H2,1-10H3. The van der Waals surface area contributed by atoms with Gasteiger partial charge in [-0.2, -0.15) is 0 Å². The monoisotopic (exact) mass is 488 g/mol. The normalized spacial score (nSPS) is 18.4. The van der Waals surface area contributed by atoms with Gasteiger partial charge in [0.1, 0.15) is 0 Å². The smallest absolute Gasteiger partial charge is 0.0572 e. The van der Waals surface area contributed by atoms with E-state index in [4.69, 9.17) is 23.7 Å². The Hall–Kier alpha value is -0.200. The molecule has 0 aromatic heterocycles. The second kappa shape index (κ2) is 20.9. The summed E-state index contributed by atoms with van der Waals surface area (Å²) in [6.07, 6.45) is 2.63. The van der Waals surface area contributed by atoms with Gasteiger partial charge in [-0.25, -0.2) is 0 Å². The molecule has 7 atom stereocenters. The molecule has 0 saturated carbocycles. The van der Waals surface area contributed by atoms with Crippen molar-refractivity contribution in [3.05, 3.63) is 0 Å². The molecule has 0 radical (unpaired) electrons. The van der Waals surface area contributed by atoms with Crippen LogP contribution < -0.4 is 0 Å². The maximum absolute atomic E-state index is 6.02. The summed E-state index contributed by atoms with van der Waals surface area (Å²) in [6, 6.07) is 0. The minimum atomic E-state index is 0.310. The first kappa shape index (κ1) is 33.8. The molecule has 0 aliphatic rings. The van der Waals surface area contributed by atoms with Crippen molar-refractivity contribution in [1.82, 2.24) is 0 Å². The Labute approximate surface area is 213 Å². The van der Waals surface area contributed by atoms with Crippen LogP contribution in [0.15, 0.2) is 0 Å². The lowest BCUT2D eigenvalue weighted by molar-refractivity contribution is -0.0253.